The predicted octanol–water partition coefficient (Wildman–Crippen LogP) is 5.16. The van der Waals surface area contributed by atoms with Crippen LogP contribution in [0, 0.1) is 6.92 Å². The minimum Gasteiger partial charge on any atom is -0.480 e. The van der Waals surface area contributed by atoms with E-state index in [1.807, 2.05) is 73.0 Å². The highest BCUT2D eigenvalue weighted by atomic mass is 32.2. The zero-order chi connectivity index (χ0) is 22.9. The van der Waals surface area contributed by atoms with Gasteiger partial charge in [-0.05, 0) is 30.5 Å². The van der Waals surface area contributed by atoms with Crippen molar-refractivity contribution in [1.82, 2.24) is 9.78 Å². The maximum Gasteiger partial charge on any atom is 0.323 e. The average Bonchev–Trinajstić information content (AvgIpc) is 3.45. The molecule has 1 aliphatic heterocycles. The SMILES string of the molecule is Cc1ccc(-n2nc(-c3ccccc3)c3c2N(CC(=O)O)C(=O)CSC3c2cccs2)cc1. The first-order valence-corrected chi connectivity index (χ1v) is 12.4. The molecule has 8 heteroatoms. The van der Waals surface area contributed by atoms with Crippen LogP contribution >= 0.6 is 23.1 Å². The first-order chi connectivity index (χ1) is 16.0. The molecular weight excluding hydrogens is 454 g/mol. The van der Waals surface area contributed by atoms with E-state index in [2.05, 4.69) is 6.07 Å². The van der Waals surface area contributed by atoms with Crippen LogP contribution in [-0.2, 0) is 9.59 Å². The molecule has 1 unspecified atom stereocenters. The van der Waals surface area contributed by atoms with Crippen LogP contribution in [0.1, 0.15) is 21.3 Å². The summed E-state index contributed by atoms with van der Waals surface area (Å²) in [4.78, 5) is 27.5. The third kappa shape index (κ3) is 4.07. The molecule has 0 fully saturated rings. The van der Waals surface area contributed by atoms with Gasteiger partial charge in [-0.2, -0.15) is 5.10 Å². The number of thiophene rings is 1. The van der Waals surface area contributed by atoms with Gasteiger partial charge < -0.3 is 5.11 Å². The first-order valence-electron chi connectivity index (χ1n) is 10.5. The summed E-state index contributed by atoms with van der Waals surface area (Å²) in [5.41, 5.74) is 4.42. The minimum absolute atomic E-state index is 0.142. The second kappa shape index (κ2) is 8.88. The molecule has 1 atom stereocenters. The van der Waals surface area contributed by atoms with Gasteiger partial charge in [0.05, 0.1) is 22.4 Å². The number of rotatable bonds is 5. The van der Waals surface area contributed by atoms with Crippen LogP contribution in [0.3, 0.4) is 0 Å². The van der Waals surface area contributed by atoms with Gasteiger partial charge in [-0.15, -0.1) is 23.1 Å². The molecule has 0 saturated heterocycles. The summed E-state index contributed by atoms with van der Waals surface area (Å²) >= 11 is 3.14. The van der Waals surface area contributed by atoms with Gasteiger partial charge in [-0.3, -0.25) is 14.5 Å². The highest BCUT2D eigenvalue weighted by Gasteiger charge is 2.37. The van der Waals surface area contributed by atoms with Crippen LogP contribution < -0.4 is 4.90 Å². The molecule has 0 aliphatic carbocycles. The lowest BCUT2D eigenvalue weighted by atomic mass is 10.0. The second-order valence-corrected chi connectivity index (χ2v) is 9.85. The number of aryl methyl sites for hydroxylation is 1. The minimum atomic E-state index is -1.06. The zero-order valence-electron chi connectivity index (χ0n) is 17.8. The fourth-order valence-electron chi connectivity index (χ4n) is 3.99. The maximum absolute atomic E-state index is 13.2. The lowest BCUT2D eigenvalue weighted by Crippen LogP contribution is -2.38. The molecule has 0 saturated carbocycles. The normalized spacial score (nSPS) is 15.8. The number of aromatic nitrogens is 2. The standard InChI is InChI=1S/C25H21N3O3S2/c1-16-9-11-18(12-10-16)28-25-22(23(26-28)17-6-3-2-4-7-17)24(19-8-5-13-32-19)33-15-20(29)27(25)14-21(30)31/h2-13,24H,14-15H2,1H3,(H,30,31). The number of carbonyl (C=O) groups is 2. The molecule has 0 radical (unpaired) electrons. The number of carbonyl (C=O) groups excluding carboxylic acids is 1. The van der Waals surface area contributed by atoms with Crippen molar-refractivity contribution in [2.24, 2.45) is 0 Å². The number of carboxylic acid groups (broad SMARTS) is 1. The van der Waals surface area contributed by atoms with E-state index in [0.29, 0.717) is 5.82 Å². The van der Waals surface area contributed by atoms with Crippen molar-refractivity contribution in [3.63, 3.8) is 0 Å². The van der Waals surface area contributed by atoms with Gasteiger partial charge in [0, 0.05) is 16.0 Å². The smallest absolute Gasteiger partial charge is 0.323 e. The predicted molar refractivity (Wildman–Crippen MR) is 132 cm³/mol. The van der Waals surface area contributed by atoms with Crippen LogP contribution in [0.4, 0.5) is 5.82 Å². The highest BCUT2D eigenvalue weighted by Crippen LogP contribution is 2.49. The monoisotopic (exact) mass is 475 g/mol. The number of hydrogen-bond donors (Lipinski definition) is 1. The summed E-state index contributed by atoms with van der Waals surface area (Å²) in [5.74, 6) is -0.594. The lowest BCUT2D eigenvalue weighted by Gasteiger charge is -2.21. The van der Waals surface area contributed by atoms with E-state index < -0.39 is 12.5 Å². The van der Waals surface area contributed by atoms with Gasteiger partial charge >= 0.3 is 5.97 Å². The Morgan fingerprint density at radius 1 is 1.09 bits per heavy atom. The number of amides is 1. The van der Waals surface area contributed by atoms with Crippen LogP contribution in [0.25, 0.3) is 16.9 Å². The Morgan fingerprint density at radius 3 is 2.52 bits per heavy atom. The number of thioether (sulfide) groups is 1. The summed E-state index contributed by atoms with van der Waals surface area (Å²) in [5, 5.41) is 16.5. The van der Waals surface area contributed by atoms with Gasteiger partial charge in [0.1, 0.15) is 12.4 Å². The largest absolute Gasteiger partial charge is 0.480 e. The van der Waals surface area contributed by atoms with E-state index in [0.717, 1.165) is 32.9 Å². The second-order valence-electron chi connectivity index (χ2n) is 7.78. The summed E-state index contributed by atoms with van der Waals surface area (Å²) in [7, 11) is 0. The number of carboxylic acids is 1. The molecule has 1 amide bonds. The summed E-state index contributed by atoms with van der Waals surface area (Å²) < 4.78 is 1.73. The van der Waals surface area contributed by atoms with Crippen molar-refractivity contribution >= 4 is 40.8 Å². The van der Waals surface area contributed by atoms with Gasteiger partial charge in [0.15, 0.2) is 0 Å². The van der Waals surface area contributed by atoms with Crippen LogP contribution in [0.2, 0.25) is 0 Å². The number of fused-ring (bicyclic) bond motifs is 1. The Morgan fingerprint density at radius 2 is 1.85 bits per heavy atom. The molecule has 0 spiro atoms. The van der Waals surface area contributed by atoms with Crippen molar-refractivity contribution in [3.05, 3.63) is 88.1 Å². The Labute approximate surface area is 199 Å². The van der Waals surface area contributed by atoms with Crippen LogP contribution in [-0.4, -0.2) is 39.1 Å². The van der Waals surface area contributed by atoms with Crippen molar-refractivity contribution in [2.45, 2.75) is 12.2 Å². The number of benzene rings is 2. The number of nitrogens with zero attached hydrogens (tertiary/aromatic N) is 3. The number of hydrogen-bond acceptors (Lipinski definition) is 5. The first kappa shape index (κ1) is 21.5. The Balaban J connectivity index is 1.84. The summed E-state index contributed by atoms with van der Waals surface area (Å²) in [6.07, 6.45) is 0. The quantitative estimate of drug-likeness (QED) is 0.431. The molecule has 4 aromatic rings. The van der Waals surface area contributed by atoms with Crippen molar-refractivity contribution in [1.29, 1.82) is 0 Å². The van der Waals surface area contributed by atoms with E-state index >= 15 is 0 Å². The van der Waals surface area contributed by atoms with Gasteiger partial charge in [-0.1, -0.05) is 54.1 Å². The van der Waals surface area contributed by atoms with Crippen LogP contribution in [0.15, 0.2) is 72.1 Å². The fraction of sp³-hybridized carbons (Fsp3) is 0.160. The highest BCUT2D eigenvalue weighted by molar-refractivity contribution is 8.00. The van der Waals surface area contributed by atoms with Gasteiger partial charge in [0.25, 0.3) is 0 Å². The third-order valence-electron chi connectivity index (χ3n) is 5.51. The van der Waals surface area contributed by atoms with E-state index in [-0.39, 0.29) is 16.9 Å². The molecule has 3 heterocycles. The molecule has 0 bridgehead atoms. The van der Waals surface area contributed by atoms with Crippen molar-refractivity contribution in [2.75, 3.05) is 17.2 Å². The maximum atomic E-state index is 13.2. The van der Waals surface area contributed by atoms with E-state index in [1.165, 1.54) is 16.7 Å². The fourth-order valence-corrected chi connectivity index (χ4v) is 6.17. The van der Waals surface area contributed by atoms with Crippen molar-refractivity contribution < 1.29 is 14.7 Å². The van der Waals surface area contributed by atoms with Gasteiger partial charge in [0.2, 0.25) is 5.91 Å². The Bertz CT molecular complexity index is 1300. The number of aliphatic carboxylic acids is 1. The number of anilines is 1. The topological polar surface area (TPSA) is 75.4 Å². The molecule has 1 N–H and O–H groups in total. The van der Waals surface area contributed by atoms with E-state index in [1.54, 1.807) is 16.0 Å². The average molecular weight is 476 g/mol. The third-order valence-corrected chi connectivity index (χ3v) is 7.83. The Hall–Kier alpha value is -3.36. The Kier molecular flexibility index (Phi) is 5.78. The lowest BCUT2D eigenvalue weighted by molar-refractivity contribution is -0.136. The molecule has 5 rings (SSSR count). The molecule has 2 aromatic heterocycles. The molecule has 1 aliphatic rings. The molecule has 166 valence electrons. The van der Waals surface area contributed by atoms with E-state index in [9.17, 15) is 14.7 Å². The molecule has 2 aromatic carbocycles. The van der Waals surface area contributed by atoms with Crippen LogP contribution in [0.5, 0.6) is 0 Å². The molecule has 33 heavy (non-hydrogen) atoms. The molecular formula is C25H21N3O3S2. The van der Waals surface area contributed by atoms with Crippen molar-refractivity contribution in [3.8, 4) is 16.9 Å². The molecule has 6 nitrogen and oxygen atoms in total. The summed E-state index contributed by atoms with van der Waals surface area (Å²) in [6.45, 7) is 1.59. The zero-order valence-corrected chi connectivity index (χ0v) is 19.5. The van der Waals surface area contributed by atoms with E-state index in [4.69, 9.17) is 5.10 Å². The van der Waals surface area contributed by atoms with Gasteiger partial charge in [-0.25, -0.2) is 4.68 Å². The summed E-state index contributed by atoms with van der Waals surface area (Å²) in [6, 6.07) is 21.7.